The number of para-hydroxylation sites is 3. The number of phenols is 6. The fourth-order valence-electron chi connectivity index (χ4n) is 6.60. The molecule has 50 heavy (non-hydrogen) atoms. The van der Waals surface area contributed by atoms with Gasteiger partial charge in [-0.25, -0.2) is 9.97 Å². The molecule has 0 aliphatic rings. The predicted octanol–water partition coefficient (Wildman–Crippen LogP) is 7.46. The van der Waals surface area contributed by atoms with E-state index >= 15 is 0 Å². The molecule has 0 aliphatic heterocycles. The van der Waals surface area contributed by atoms with Gasteiger partial charge in [-0.3, -0.25) is 9.59 Å². The second kappa shape index (κ2) is 10.9. The van der Waals surface area contributed by atoms with Crippen molar-refractivity contribution >= 4 is 65.7 Å². The number of aromatic amines is 1. The number of ketones is 2. The fraction of sp³-hybridized carbons (Fsp3) is 0.0526. The molecule has 0 atom stereocenters. The van der Waals surface area contributed by atoms with Crippen molar-refractivity contribution in [3.8, 4) is 45.6 Å². The van der Waals surface area contributed by atoms with Crippen molar-refractivity contribution < 1.29 is 40.2 Å². The van der Waals surface area contributed by atoms with Crippen molar-refractivity contribution in [3.05, 3.63) is 106 Å². The molecule has 0 unspecified atom stereocenters. The fourth-order valence-corrected chi connectivity index (χ4v) is 7.52. The number of fused-ring (bicyclic) bond motifs is 4. The highest BCUT2D eigenvalue weighted by Gasteiger charge is 2.30. The quantitative estimate of drug-likeness (QED) is 0.0706. The summed E-state index contributed by atoms with van der Waals surface area (Å²) in [4.78, 5) is 39.2. The molecule has 0 bridgehead atoms. The van der Waals surface area contributed by atoms with E-state index in [1.165, 1.54) is 0 Å². The number of imidazole rings is 1. The Bertz CT molecular complexity index is 2540. The summed E-state index contributed by atoms with van der Waals surface area (Å²) in [7, 11) is 0. The number of benzene rings is 6. The first-order valence-electron chi connectivity index (χ1n) is 15.3. The summed E-state index contributed by atoms with van der Waals surface area (Å²) >= 11 is 1.12. The van der Waals surface area contributed by atoms with Crippen LogP contribution in [0.4, 0.5) is 0 Å². The van der Waals surface area contributed by atoms with E-state index in [0.29, 0.717) is 27.7 Å². The molecule has 2 heterocycles. The molecule has 0 fully saturated rings. The van der Waals surface area contributed by atoms with Crippen molar-refractivity contribution in [2.24, 2.45) is 0 Å². The van der Waals surface area contributed by atoms with Gasteiger partial charge in [-0.2, -0.15) is 0 Å². The van der Waals surface area contributed by atoms with Crippen LogP contribution in [0.1, 0.15) is 42.7 Å². The first kappa shape index (κ1) is 30.7. The van der Waals surface area contributed by atoms with E-state index in [4.69, 9.17) is 0 Å². The summed E-state index contributed by atoms with van der Waals surface area (Å²) < 4.78 is 0.755. The van der Waals surface area contributed by atoms with E-state index in [0.717, 1.165) is 28.2 Å². The maximum Gasteiger partial charge on any atom is 0.232 e. The third kappa shape index (κ3) is 4.42. The van der Waals surface area contributed by atoms with Gasteiger partial charge < -0.3 is 35.6 Å². The van der Waals surface area contributed by atoms with Gasteiger partial charge in [-0.15, -0.1) is 11.3 Å². The lowest BCUT2D eigenvalue weighted by atomic mass is 9.86. The van der Waals surface area contributed by atoms with E-state index in [2.05, 4.69) is 15.0 Å². The van der Waals surface area contributed by atoms with Crippen LogP contribution in [0.3, 0.4) is 0 Å². The maximum atomic E-state index is 13.8. The van der Waals surface area contributed by atoms with Gasteiger partial charge in [0.1, 0.15) is 11.5 Å². The average Bonchev–Trinajstić information content (AvgIpc) is 3.73. The van der Waals surface area contributed by atoms with Gasteiger partial charge in [0.05, 0.1) is 32.4 Å². The molecule has 7 N–H and O–H groups in total. The number of rotatable bonds is 5. The number of aromatic hydroxyl groups is 6. The summed E-state index contributed by atoms with van der Waals surface area (Å²) in [5, 5.41) is 67.2. The van der Waals surface area contributed by atoms with Crippen LogP contribution in [0.2, 0.25) is 0 Å². The maximum absolute atomic E-state index is 13.8. The number of nitrogens with one attached hydrogen (secondary N) is 1. The molecule has 0 saturated carbocycles. The van der Waals surface area contributed by atoms with E-state index in [-0.39, 0.29) is 54.6 Å². The Hall–Kier alpha value is -6.66. The van der Waals surface area contributed by atoms with Gasteiger partial charge in [0.15, 0.2) is 33.8 Å². The zero-order chi connectivity index (χ0) is 35.2. The monoisotopic (exact) mass is 683 g/mol. The first-order valence-corrected chi connectivity index (χ1v) is 16.1. The van der Waals surface area contributed by atoms with Gasteiger partial charge in [0, 0.05) is 32.7 Å². The third-order valence-electron chi connectivity index (χ3n) is 8.93. The molecule has 0 amide bonds. The van der Waals surface area contributed by atoms with Crippen LogP contribution in [0, 0.1) is 13.8 Å². The van der Waals surface area contributed by atoms with E-state index in [9.17, 15) is 40.2 Å². The Kier molecular flexibility index (Phi) is 6.71. The minimum atomic E-state index is -0.725. The van der Waals surface area contributed by atoms with Crippen molar-refractivity contribution in [1.29, 1.82) is 0 Å². The van der Waals surface area contributed by atoms with Gasteiger partial charge in [0.25, 0.3) is 0 Å². The van der Waals surface area contributed by atoms with E-state index < -0.39 is 46.1 Å². The number of carbonyl (C=O) groups excluding carboxylic acids is 2. The summed E-state index contributed by atoms with van der Waals surface area (Å²) in [5.74, 6) is -4.98. The minimum absolute atomic E-state index is 0.000450. The molecule has 11 nitrogen and oxygen atoms in total. The number of aromatic nitrogens is 3. The lowest BCUT2D eigenvalue weighted by Crippen LogP contribution is -2.06. The Morgan fingerprint density at radius 2 is 1.12 bits per heavy atom. The number of aryl methyl sites for hydroxylation is 2. The molecule has 8 aromatic rings. The molecule has 12 heteroatoms. The Morgan fingerprint density at radius 1 is 0.600 bits per heavy atom. The van der Waals surface area contributed by atoms with Crippen LogP contribution >= 0.6 is 11.3 Å². The zero-order valence-corrected chi connectivity index (χ0v) is 27.0. The first-order chi connectivity index (χ1) is 23.9. The molecule has 6 aromatic carbocycles. The third-order valence-corrected chi connectivity index (χ3v) is 9.97. The van der Waals surface area contributed by atoms with Crippen molar-refractivity contribution in [2.75, 3.05) is 0 Å². The standard InChI is InChI=1S/C38H25N3O8S/c1-15-11-17-19(13-24(42)33(46)29(17)35(48)37-39-21-7-3-4-8-22(21)40-37)31(44)27(15)28-16(2)12-18-20(32(28)45)14-25(43)34(47)30(18)36(49)38-41-23-9-5-6-10-26(23)50-38/h3-14,42-47H,1-2H3,(H,39,40). The van der Waals surface area contributed by atoms with Crippen molar-refractivity contribution in [2.45, 2.75) is 13.8 Å². The van der Waals surface area contributed by atoms with Gasteiger partial charge in [-0.05, 0) is 73.5 Å². The highest BCUT2D eigenvalue weighted by atomic mass is 32.1. The molecule has 0 spiro atoms. The molecule has 2 aromatic heterocycles. The number of nitrogens with zero attached hydrogens (tertiary/aromatic N) is 2. The Labute approximate surface area is 285 Å². The zero-order valence-electron chi connectivity index (χ0n) is 26.2. The summed E-state index contributed by atoms with van der Waals surface area (Å²) in [5.41, 5.74) is 2.20. The number of hydrogen-bond acceptors (Lipinski definition) is 11. The van der Waals surface area contributed by atoms with Crippen LogP contribution in [0.5, 0.6) is 34.5 Å². The van der Waals surface area contributed by atoms with E-state index in [1.807, 2.05) is 12.1 Å². The second-order valence-electron chi connectivity index (χ2n) is 12.0. The van der Waals surface area contributed by atoms with Gasteiger partial charge in [0.2, 0.25) is 11.6 Å². The van der Waals surface area contributed by atoms with E-state index in [1.54, 1.807) is 62.4 Å². The number of hydrogen-bond donors (Lipinski definition) is 7. The lowest BCUT2D eigenvalue weighted by molar-refractivity contribution is 0.102. The number of thiazole rings is 1. The normalized spacial score (nSPS) is 11.6. The highest BCUT2D eigenvalue weighted by molar-refractivity contribution is 7.20. The lowest BCUT2D eigenvalue weighted by Gasteiger charge is -2.20. The average molecular weight is 684 g/mol. The van der Waals surface area contributed by atoms with Crippen LogP contribution in [0.15, 0.2) is 72.8 Å². The van der Waals surface area contributed by atoms with Crippen LogP contribution in [-0.2, 0) is 0 Å². The highest BCUT2D eigenvalue weighted by Crippen LogP contribution is 2.51. The molecule has 246 valence electrons. The summed E-state index contributed by atoms with van der Waals surface area (Å²) in [6, 6.07) is 19.5. The molecule has 0 saturated heterocycles. The molecule has 8 rings (SSSR count). The van der Waals surface area contributed by atoms with Crippen LogP contribution < -0.4 is 0 Å². The predicted molar refractivity (Wildman–Crippen MR) is 189 cm³/mol. The van der Waals surface area contributed by atoms with Crippen molar-refractivity contribution in [3.63, 3.8) is 0 Å². The van der Waals surface area contributed by atoms with Gasteiger partial charge >= 0.3 is 0 Å². The number of phenolic OH excluding ortho intramolecular Hbond substituents is 6. The Morgan fingerprint density at radius 3 is 1.68 bits per heavy atom. The molecular formula is C38H25N3O8S. The number of H-pyrrole nitrogens is 1. The van der Waals surface area contributed by atoms with Crippen molar-refractivity contribution in [1.82, 2.24) is 15.0 Å². The summed E-state index contributed by atoms with van der Waals surface area (Å²) in [6.07, 6.45) is 0. The molecule has 0 radical (unpaired) electrons. The largest absolute Gasteiger partial charge is 0.507 e. The Balaban J connectivity index is 1.33. The smallest absolute Gasteiger partial charge is 0.232 e. The number of carbonyl (C=O) groups is 2. The molecule has 0 aliphatic carbocycles. The van der Waals surface area contributed by atoms with Crippen LogP contribution in [-0.4, -0.2) is 57.2 Å². The SMILES string of the molecule is Cc1cc2c(C(=O)c3nc4ccccc4[nH]3)c(O)c(O)cc2c(O)c1-c1c(C)cc2c(C(=O)c3nc4ccccc4s3)c(O)c(O)cc2c1O. The van der Waals surface area contributed by atoms with Gasteiger partial charge in [-0.1, -0.05) is 24.3 Å². The minimum Gasteiger partial charge on any atom is -0.507 e. The van der Waals surface area contributed by atoms with Crippen LogP contribution in [0.25, 0.3) is 53.9 Å². The molecular weight excluding hydrogens is 658 g/mol. The second-order valence-corrected chi connectivity index (χ2v) is 13.0. The summed E-state index contributed by atoms with van der Waals surface area (Å²) in [6.45, 7) is 3.27. The topological polar surface area (TPSA) is 197 Å².